The highest BCUT2D eigenvalue weighted by Crippen LogP contribution is 2.20. The fraction of sp³-hybridized carbons (Fsp3) is 0.750. The van der Waals surface area contributed by atoms with Crippen LogP contribution >= 0.6 is 36.3 Å². The van der Waals surface area contributed by atoms with Gasteiger partial charge in [0.15, 0.2) is 0 Å². The molecule has 2 heterocycles. The highest BCUT2D eigenvalue weighted by Gasteiger charge is 2.30. The molecular formula is C12H23Cl2N5OS. The van der Waals surface area contributed by atoms with Crippen LogP contribution in [0.1, 0.15) is 26.6 Å². The molecule has 1 aromatic rings. The summed E-state index contributed by atoms with van der Waals surface area (Å²) >= 11 is 1.43. The van der Waals surface area contributed by atoms with Crippen molar-refractivity contribution in [1.82, 2.24) is 14.3 Å². The van der Waals surface area contributed by atoms with E-state index in [2.05, 4.69) is 14.3 Å². The van der Waals surface area contributed by atoms with E-state index >= 15 is 0 Å². The van der Waals surface area contributed by atoms with Crippen LogP contribution in [-0.4, -0.2) is 51.9 Å². The maximum absolute atomic E-state index is 12.1. The lowest BCUT2D eigenvalue weighted by molar-refractivity contribution is -0.136. The van der Waals surface area contributed by atoms with E-state index in [4.69, 9.17) is 5.73 Å². The molecule has 0 radical (unpaired) electrons. The summed E-state index contributed by atoms with van der Waals surface area (Å²) < 4.78 is 4.29. The van der Waals surface area contributed by atoms with Crippen LogP contribution in [0.2, 0.25) is 0 Å². The molecule has 0 aromatic carbocycles. The van der Waals surface area contributed by atoms with Crippen LogP contribution in [0, 0.1) is 0 Å². The first-order chi connectivity index (χ1) is 8.91. The number of hydrogen-bond acceptors (Lipinski definition) is 6. The first-order valence-corrected chi connectivity index (χ1v) is 7.35. The Hall–Kier alpha value is -0.630. The van der Waals surface area contributed by atoms with Gasteiger partial charge in [0, 0.05) is 44.1 Å². The van der Waals surface area contributed by atoms with E-state index in [-0.39, 0.29) is 30.7 Å². The quantitative estimate of drug-likeness (QED) is 0.884. The highest BCUT2D eigenvalue weighted by atomic mass is 35.5. The summed E-state index contributed by atoms with van der Waals surface area (Å²) in [7, 11) is 0. The van der Waals surface area contributed by atoms with Gasteiger partial charge in [-0.05, 0) is 13.8 Å². The van der Waals surface area contributed by atoms with Gasteiger partial charge in [0.2, 0.25) is 11.0 Å². The minimum absolute atomic E-state index is 0. The number of nitrogens with two attached hydrogens (primary N) is 1. The first-order valence-electron chi connectivity index (χ1n) is 6.57. The van der Waals surface area contributed by atoms with Gasteiger partial charge in [-0.3, -0.25) is 4.79 Å². The Labute approximate surface area is 142 Å². The molecule has 0 unspecified atom stereocenters. The smallest absolute Gasteiger partial charge is 0.242 e. The molecule has 1 aliphatic heterocycles. The lowest BCUT2D eigenvalue weighted by Crippen LogP contribution is -2.57. The molecule has 9 heteroatoms. The van der Waals surface area contributed by atoms with Crippen molar-refractivity contribution in [1.29, 1.82) is 0 Å². The van der Waals surface area contributed by atoms with E-state index in [1.165, 1.54) is 11.5 Å². The van der Waals surface area contributed by atoms with E-state index in [9.17, 15) is 4.79 Å². The number of carbonyl (C=O) groups excluding carboxylic acids is 1. The number of carbonyl (C=O) groups is 1. The Kier molecular flexibility index (Phi) is 7.88. The third-order valence-electron chi connectivity index (χ3n) is 3.16. The second kappa shape index (κ2) is 8.12. The van der Waals surface area contributed by atoms with Gasteiger partial charge in [-0.1, -0.05) is 6.92 Å². The van der Waals surface area contributed by atoms with Crippen molar-refractivity contribution in [3.05, 3.63) is 5.82 Å². The Balaban J connectivity index is 0.00000200. The second-order valence-corrected chi connectivity index (χ2v) is 6.08. The number of nitrogens with zero attached hydrogens (tertiary/aromatic N) is 4. The van der Waals surface area contributed by atoms with Crippen molar-refractivity contribution in [3.8, 4) is 0 Å². The van der Waals surface area contributed by atoms with Crippen LogP contribution in [0.5, 0.6) is 0 Å². The Bertz CT molecular complexity index is 455. The lowest BCUT2D eigenvalue weighted by Gasteiger charge is -2.37. The van der Waals surface area contributed by atoms with E-state index < -0.39 is 5.54 Å². The molecular weight excluding hydrogens is 333 g/mol. The predicted molar refractivity (Wildman–Crippen MR) is 90.8 cm³/mol. The third-order valence-corrected chi connectivity index (χ3v) is 3.98. The largest absolute Gasteiger partial charge is 0.343 e. The fourth-order valence-corrected chi connectivity index (χ4v) is 2.83. The molecule has 21 heavy (non-hydrogen) atoms. The summed E-state index contributed by atoms with van der Waals surface area (Å²) in [6.07, 6.45) is 0.857. The van der Waals surface area contributed by atoms with Gasteiger partial charge in [-0.2, -0.15) is 4.37 Å². The van der Waals surface area contributed by atoms with Gasteiger partial charge in [-0.25, -0.2) is 4.98 Å². The average Bonchev–Trinajstić information content (AvgIpc) is 2.86. The van der Waals surface area contributed by atoms with Crippen molar-refractivity contribution in [2.45, 2.75) is 32.7 Å². The molecule has 1 saturated heterocycles. The predicted octanol–water partition coefficient (Wildman–Crippen LogP) is 1.33. The zero-order chi connectivity index (χ0) is 14.0. The summed E-state index contributed by atoms with van der Waals surface area (Å²) in [6, 6.07) is 0. The van der Waals surface area contributed by atoms with E-state index in [1.54, 1.807) is 13.8 Å². The molecule has 0 spiro atoms. The van der Waals surface area contributed by atoms with Crippen LogP contribution in [0.25, 0.3) is 0 Å². The molecule has 0 bridgehead atoms. The number of hydrogen-bond donors (Lipinski definition) is 1. The van der Waals surface area contributed by atoms with Crippen LogP contribution in [0.4, 0.5) is 5.13 Å². The molecule has 1 fully saturated rings. The van der Waals surface area contributed by atoms with Crippen LogP contribution < -0.4 is 10.6 Å². The molecule has 1 amide bonds. The van der Waals surface area contributed by atoms with Crippen molar-refractivity contribution in [2.75, 3.05) is 31.1 Å². The van der Waals surface area contributed by atoms with Crippen LogP contribution in [0.3, 0.4) is 0 Å². The summed E-state index contributed by atoms with van der Waals surface area (Å²) in [5, 5.41) is 0.955. The van der Waals surface area contributed by atoms with Gasteiger partial charge in [0.25, 0.3) is 0 Å². The van der Waals surface area contributed by atoms with Gasteiger partial charge in [-0.15, -0.1) is 24.8 Å². The second-order valence-electron chi connectivity index (χ2n) is 5.35. The minimum Gasteiger partial charge on any atom is -0.343 e. The lowest BCUT2D eigenvalue weighted by atomic mass is 10.1. The van der Waals surface area contributed by atoms with E-state index in [0.29, 0.717) is 13.1 Å². The molecule has 0 aliphatic carbocycles. The highest BCUT2D eigenvalue weighted by molar-refractivity contribution is 7.09. The molecule has 6 nitrogen and oxygen atoms in total. The van der Waals surface area contributed by atoms with Gasteiger partial charge >= 0.3 is 0 Å². The van der Waals surface area contributed by atoms with Crippen LogP contribution in [-0.2, 0) is 11.2 Å². The number of piperazine rings is 1. The molecule has 0 saturated carbocycles. The summed E-state index contributed by atoms with van der Waals surface area (Å²) in [5.74, 6) is 0.903. The first kappa shape index (κ1) is 20.4. The Morgan fingerprint density at radius 3 is 2.29 bits per heavy atom. The number of rotatable bonds is 3. The van der Waals surface area contributed by atoms with Crippen molar-refractivity contribution < 1.29 is 4.79 Å². The van der Waals surface area contributed by atoms with Crippen molar-refractivity contribution in [3.63, 3.8) is 0 Å². The molecule has 122 valence electrons. The third kappa shape index (κ3) is 4.95. The van der Waals surface area contributed by atoms with E-state index in [1.807, 2.05) is 11.8 Å². The molecule has 0 atom stereocenters. The van der Waals surface area contributed by atoms with Gasteiger partial charge in [0.05, 0.1) is 5.54 Å². The Morgan fingerprint density at radius 2 is 1.86 bits per heavy atom. The van der Waals surface area contributed by atoms with E-state index in [0.717, 1.165) is 30.5 Å². The van der Waals surface area contributed by atoms with Crippen LogP contribution in [0.15, 0.2) is 0 Å². The number of aryl methyl sites for hydroxylation is 1. The SMILES string of the molecule is CCc1nsc(N2CCN(C(=O)C(C)(C)N)CC2)n1.Cl.Cl. The molecule has 2 N–H and O–H groups in total. The maximum Gasteiger partial charge on any atom is 0.242 e. The monoisotopic (exact) mass is 355 g/mol. The number of aromatic nitrogens is 2. The zero-order valence-corrected chi connectivity index (χ0v) is 15.0. The summed E-state index contributed by atoms with van der Waals surface area (Å²) in [6.45, 7) is 8.52. The topological polar surface area (TPSA) is 75.4 Å². The average molecular weight is 356 g/mol. The van der Waals surface area contributed by atoms with Crippen molar-refractivity contribution in [2.24, 2.45) is 5.73 Å². The number of anilines is 1. The Morgan fingerprint density at radius 1 is 1.29 bits per heavy atom. The van der Waals surface area contributed by atoms with Gasteiger partial charge < -0.3 is 15.5 Å². The number of halogens is 2. The summed E-state index contributed by atoms with van der Waals surface area (Å²) in [5.41, 5.74) is 5.06. The normalized spacial score (nSPS) is 15.2. The zero-order valence-electron chi connectivity index (χ0n) is 12.5. The standard InChI is InChI=1S/C12H21N5OS.2ClH/c1-4-9-14-11(19-15-9)17-7-5-16(6-8-17)10(18)12(2,3)13;;/h4-8,13H2,1-3H3;2*1H. The number of amides is 1. The van der Waals surface area contributed by atoms with Gasteiger partial charge in [0.1, 0.15) is 5.82 Å². The molecule has 1 aromatic heterocycles. The maximum atomic E-state index is 12.1. The fourth-order valence-electron chi connectivity index (χ4n) is 2.03. The summed E-state index contributed by atoms with van der Waals surface area (Å²) in [4.78, 5) is 20.6. The molecule has 2 rings (SSSR count). The minimum atomic E-state index is -0.791. The van der Waals surface area contributed by atoms with Crippen molar-refractivity contribution >= 4 is 47.4 Å². The molecule has 1 aliphatic rings.